The lowest BCUT2D eigenvalue weighted by Crippen LogP contribution is -2.56. The maximum absolute atomic E-state index is 12.2. The molecular formula is C13H24N2O4S. The summed E-state index contributed by atoms with van der Waals surface area (Å²) in [4.78, 5) is 12.2. The first-order chi connectivity index (χ1) is 9.23. The van der Waals surface area contributed by atoms with E-state index >= 15 is 0 Å². The molecule has 2 aliphatic rings. The molecule has 1 saturated heterocycles. The van der Waals surface area contributed by atoms with E-state index in [1.54, 1.807) is 13.8 Å². The first-order valence-electron chi connectivity index (χ1n) is 7.24. The number of rotatable bonds is 4. The lowest BCUT2D eigenvalue weighted by molar-refractivity contribution is -0.129. The maximum atomic E-state index is 12.2. The Labute approximate surface area is 120 Å². The van der Waals surface area contributed by atoms with Gasteiger partial charge in [0.05, 0.1) is 17.3 Å². The second kappa shape index (κ2) is 5.61. The number of amides is 1. The number of nitrogens with one attached hydrogen (secondary N) is 1. The van der Waals surface area contributed by atoms with Crippen molar-refractivity contribution in [3.05, 3.63) is 0 Å². The first-order valence-corrected chi connectivity index (χ1v) is 8.85. The number of sulfonamides is 1. The zero-order valence-corrected chi connectivity index (χ0v) is 12.9. The summed E-state index contributed by atoms with van der Waals surface area (Å²) in [7, 11) is -3.21. The highest BCUT2D eigenvalue weighted by Gasteiger charge is 2.40. The van der Waals surface area contributed by atoms with E-state index in [2.05, 4.69) is 5.32 Å². The summed E-state index contributed by atoms with van der Waals surface area (Å²) in [6, 6.07) is 0.0238. The standard InChI is InChI=1S/C13H24N2O4S/c1-3-20(18,19)15-6-4-5-10(9-15)12(16)14-11-7-13(2,17)8-11/h10-11,17H,3-9H2,1-2H3,(H,14,16). The first kappa shape index (κ1) is 15.7. The average molecular weight is 304 g/mol. The van der Waals surface area contributed by atoms with Crippen LogP contribution >= 0.6 is 0 Å². The fraction of sp³-hybridized carbons (Fsp3) is 0.923. The Hall–Kier alpha value is -0.660. The summed E-state index contributed by atoms with van der Waals surface area (Å²) >= 11 is 0. The van der Waals surface area contributed by atoms with Gasteiger partial charge in [-0.3, -0.25) is 4.79 Å². The van der Waals surface area contributed by atoms with Gasteiger partial charge in [0, 0.05) is 19.1 Å². The van der Waals surface area contributed by atoms with E-state index in [9.17, 15) is 18.3 Å². The van der Waals surface area contributed by atoms with Gasteiger partial charge >= 0.3 is 0 Å². The minimum atomic E-state index is -3.21. The van der Waals surface area contributed by atoms with Crippen molar-refractivity contribution in [2.75, 3.05) is 18.8 Å². The monoisotopic (exact) mass is 304 g/mol. The van der Waals surface area contributed by atoms with Gasteiger partial charge in [-0.15, -0.1) is 0 Å². The quantitative estimate of drug-likeness (QED) is 0.770. The zero-order chi connectivity index (χ0) is 15.0. The van der Waals surface area contributed by atoms with Gasteiger partial charge < -0.3 is 10.4 Å². The molecule has 2 N–H and O–H groups in total. The molecule has 1 aliphatic carbocycles. The van der Waals surface area contributed by atoms with E-state index in [4.69, 9.17) is 0 Å². The molecular weight excluding hydrogens is 280 g/mol. The van der Waals surface area contributed by atoms with Crippen molar-refractivity contribution in [3.63, 3.8) is 0 Å². The molecule has 6 nitrogen and oxygen atoms in total. The average Bonchev–Trinajstić information content (AvgIpc) is 2.36. The Morgan fingerprint density at radius 2 is 2.10 bits per heavy atom. The van der Waals surface area contributed by atoms with Gasteiger partial charge in [-0.1, -0.05) is 0 Å². The summed E-state index contributed by atoms with van der Waals surface area (Å²) in [6.07, 6.45) is 2.59. The Bertz CT molecular complexity index is 467. The molecule has 1 saturated carbocycles. The van der Waals surface area contributed by atoms with E-state index in [1.807, 2.05) is 0 Å². The van der Waals surface area contributed by atoms with Crippen molar-refractivity contribution in [1.82, 2.24) is 9.62 Å². The summed E-state index contributed by atoms with van der Waals surface area (Å²) in [5.41, 5.74) is -0.665. The number of aliphatic hydroxyl groups is 1. The molecule has 0 spiro atoms. The number of piperidine rings is 1. The Morgan fingerprint density at radius 1 is 1.45 bits per heavy atom. The molecule has 0 aromatic rings. The highest BCUT2D eigenvalue weighted by atomic mass is 32.2. The smallest absolute Gasteiger partial charge is 0.224 e. The van der Waals surface area contributed by atoms with Crippen LogP contribution in [0.1, 0.15) is 39.5 Å². The SMILES string of the molecule is CCS(=O)(=O)N1CCCC(C(=O)NC2CC(C)(O)C2)C1. The van der Waals surface area contributed by atoms with Gasteiger partial charge in [-0.25, -0.2) is 12.7 Å². The largest absolute Gasteiger partial charge is 0.390 e. The lowest BCUT2D eigenvalue weighted by Gasteiger charge is -2.42. The van der Waals surface area contributed by atoms with Crippen LogP contribution in [0.5, 0.6) is 0 Å². The van der Waals surface area contributed by atoms with Crippen molar-refractivity contribution in [2.45, 2.75) is 51.2 Å². The zero-order valence-electron chi connectivity index (χ0n) is 12.1. The predicted octanol–water partition coefficient (Wildman–Crippen LogP) is 0.0777. The summed E-state index contributed by atoms with van der Waals surface area (Å²) in [5.74, 6) is -0.274. The van der Waals surface area contributed by atoms with Gasteiger partial charge in [-0.05, 0) is 39.5 Å². The highest BCUT2D eigenvalue weighted by molar-refractivity contribution is 7.89. The maximum Gasteiger partial charge on any atom is 0.224 e. The van der Waals surface area contributed by atoms with Crippen LogP contribution in [0.15, 0.2) is 0 Å². The van der Waals surface area contributed by atoms with E-state index in [0.29, 0.717) is 19.4 Å². The molecule has 0 aromatic carbocycles. The van der Waals surface area contributed by atoms with E-state index in [-0.39, 0.29) is 30.2 Å². The molecule has 0 aromatic heterocycles. The lowest BCUT2D eigenvalue weighted by atomic mass is 9.77. The van der Waals surface area contributed by atoms with Crippen LogP contribution in [0, 0.1) is 5.92 Å². The molecule has 1 unspecified atom stereocenters. The van der Waals surface area contributed by atoms with Gasteiger partial charge in [0.25, 0.3) is 0 Å². The van der Waals surface area contributed by atoms with Crippen LogP contribution in [-0.4, -0.2) is 54.2 Å². The van der Waals surface area contributed by atoms with Crippen LogP contribution in [0.3, 0.4) is 0 Å². The molecule has 20 heavy (non-hydrogen) atoms. The summed E-state index contributed by atoms with van der Waals surface area (Å²) in [5, 5.41) is 12.6. The van der Waals surface area contributed by atoms with Gasteiger partial charge in [0.2, 0.25) is 15.9 Å². The van der Waals surface area contributed by atoms with Crippen LogP contribution in [0.4, 0.5) is 0 Å². The van der Waals surface area contributed by atoms with E-state index < -0.39 is 15.6 Å². The number of hydrogen-bond acceptors (Lipinski definition) is 4. The van der Waals surface area contributed by atoms with Crippen molar-refractivity contribution in [3.8, 4) is 0 Å². The van der Waals surface area contributed by atoms with Crippen LogP contribution in [0.25, 0.3) is 0 Å². The van der Waals surface area contributed by atoms with Crippen molar-refractivity contribution in [2.24, 2.45) is 5.92 Å². The van der Waals surface area contributed by atoms with E-state index in [1.165, 1.54) is 4.31 Å². The van der Waals surface area contributed by atoms with Crippen LogP contribution < -0.4 is 5.32 Å². The molecule has 2 fully saturated rings. The number of carbonyl (C=O) groups is 1. The van der Waals surface area contributed by atoms with Gasteiger partial charge in [-0.2, -0.15) is 0 Å². The molecule has 7 heteroatoms. The normalized spacial score (nSPS) is 35.4. The van der Waals surface area contributed by atoms with Gasteiger partial charge in [0.1, 0.15) is 0 Å². The number of nitrogens with zero attached hydrogens (tertiary/aromatic N) is 1. The second-order valence-electron chi connectivity index (χ2n) is 6.21. The number of carbonyl (C=O) groups excluding carboxylic acids is 1. The van der Waals surface area contributed by atoms with E-state index in [0.717, 1.165) is 12.8 Å². The highest BCUT2D eigenvalue weighted by Crippen LogP contribution is 2.32. The summed E-state index contributed by atoms with van der Waals surface area (Å²) in [6.45, 7) is 4.17. The Balaban J connectivity index is 1.88. The van der Waals surface area contributed by atoms with Crippen molar-refractivity contribution in [1.29, 1.82) is 0 Å². The third-order valence-corrected chi connectivity index (χ3v) is 6.08. The molecule has 1 heterocycles. The van der Waals surface area contributed by atoms with Crippen LogP contribution in [0.2, 0.25) is 0 Å². The molecule has 116 valence electrons. The molecule has 0 radical (unpaired) electrons. The second-order valence-corrected chi connectivity index (χ2v) is 8.47. The fourth-order valence-electron chi connectivity index (χ4n) is 3.01. The molecule has 1 atom stereocenters. The molecule has 2 rings (SSSR count). The van der Waals surface area contributed by atoms with Crippen molar-refractivity contribution < 1.29 is 18.3 Å². The molecule has 1 aliphatic heterocycles. The Kier molecular flexibility index (Phi) is 4.41. The third-order valence-electron chi connectivity index (χ3n) is 4.23. The predicted molar refractivity (Wildman–Crippen MR) is 75.5 cm³/mol. The minimum Gasteiger partial charge on any atom is -0.390 e. The van der Waals surface area contributed by atoms with Crippen LogP contribution in [-0.2, 0) is 14.8 Å². The molecule has 0 bridgehead atoms. The topological polar surface area (TPSA) is 86.7 Å². The number of hydrogen-bond donors (Lipinski definition) is 2. The fourth-order valence-corrected chi connectivity index (χ4v) is 4.19. The Morgan fingerprint density at radius 3 is 2.65 bits per heavy atom. The van der Waals surface area contributed by atoms with Crippen molar-refractivity contribution >= 4 is 15.9 Å². The minimum absolute atomic E-state index is 0.0238. The third kappa shape index (κ3) is 3.51. The van der Waals surface area contributed by atoms with Gasteiger partial charge in [0.15, 0.2) is 0 Å². The summed E-state index contributed by atoms with van der Waals surface area (Å²) < 4.78 is 25.1. The molecule has 1 amide bonds.